The zero-order valence-corrected chi connectivity index (χ0v) is 15.4. The fourth-order valence-electron chi connectivity index (χ4n) is 2.79. The van der Waals surface area contributed by atoms with Crippen molar-refractivity contribution < 1.29 is 8.42 Å². The number of halogens is 2. The molecule has 0 bridgehead atoms. The minimum Gasteiger partial charge on any atom is -0.320 e. The van der Waals surface area contributed by atoms with Crippen molar-refractivity contribution >= 4 is 34.0 Å². The number of sulfonamides is 1. The molecule has 1 aromatic rings. The lowest BCUT2D eigenvalue weighted by Gasteiger charge is -2.31. The second-order valence-electron chi connectivity index (χ2n) is 5.60. The number of hydrogen-bond acceptors (Lipinski definition) is 3. The summed E-state index contributed by atoms with van der Waals surface area (Å²) < 4.78 is 27.1. The fourth-order valence-corrected chi connectivity index (χ4v) is 4.74. The van der Waals surface area contributed by atoms with Gasteiger partial charge in [-0.1, -0.05) is 17.7 Å². The van der Waals surface area contributed by atoms with Gasteiger partial charge in [-0.05, 0) is 63.4 Å². The van der Waals surface area contributed by atoms with Gasteiger partial charge in [-0.15, -0.1) is 12.4 Å². The van der Waals surface area contributed by atoms with Gasteiger partial charge >= 0.3 is 0 Å². The average Bonchev–Trinajstić information content (AvgIpc) is 2.48. The van der Waals surface area contributed by atoms with Crippen molar-refractivity contribution in [3.63, 3.8) is 0 Å². The van der Waals surface area contributed by atoms with Crippen molar-refractivity contribution in [1.82, 2.24) is 9.62 Å². The summed E-state index contributed by atoms with van der Waals surface area (Å²) in [7, 11) is -1.48. The Hall–Kier alpha value is -0.330. The third-order valence-corrected chi connectivity index (χ3v) is 6.66. The highest BCUT2D eigenvalue weighted by molar-refractivity contribution is 7.89. The van der Waals surface area contributed by atoms with Crippen LogP contribution in [0.4, 0.5) is 0 Å². The third kappa shape index (κ3) is 4.36. The van der Waals surface area contributed by atoms with Crippen LogP contribution in [0.1, 0.15) is 24.8 Å². The van der Waals surface area contributed by atoms with Gasteiger partial charge in [-0.2, -0.15) is 4.31 Å². The van der Waals surface area contributed by atoms with Crippen molar-refractivity contribution in [2.24, 2.45) is 5.92 Å². The lowest BCUT2D eigenvalue weighted by molar-refractivity contribution is 0.263. The van der Waals surface area contributed by atoms with E-state index in [1.54, 1.807) is 29.4 Å². The predicted molar refractivity (Wildman–Crippen MR) is 93.5 cm³/mol. The number of nitrogens with one attached hydrogen (secondary N) is 1. The molecule has 0 amide bonds. The van der Waals surface area contributed by atoms with Crippen LogP contribution in [0.2, 0.25) is 5.02 Å². The van der Waals surface area contributed by atoms with Gasteiger partial charge in [-0.25, -0.2) is 8.42 Å². The highest BCUT2D eigenvalue weighted by atomic mass is 35.5. The van der Waals surface area contributed by atoms with E-state index in [0.717, 1.165) is 25.8 Å². The van der Waals surface area contributed by atoms with Gasteiger partial charge in [0.15, 0.2) is 0 Å². The summed E-state index contributed by atoms with van der Waals surface area (Å²) in [5, 5.41) is 3.65. The van der Waals surface area contributed by atoms with Crippen LogP contribution in [0.25, 0.3) is 0 Å². The molecule has 1 saturated heterocycles. The van der Waals surface area contributed by atoms with Crippen LogP contribution in [-0.4, -0.2) is 39.4 Å². The monoisotopic (exact) mass is 366 g/mol. The largest absolute Gasteiger partial charge is 0.320 e. The first kappa shape index (κ1) is 19.7. The molecular formula is C15H24Cl2N2O2S. The molecule has 1 aliphatic rings. The minimum absolute atomic E-state index is 0. The summed E-state index contributed by atoms with van der Waals surface area (Å²) in [6, 6.07) is 5.06. The first-order chi connectivity index (χ1) is 9.96. The van der Waals surface area contributed by atoms with Gasteiger partial charge < -0.3 is 5.32 Å². The van der Waals surface area contributed by atoms with Crippen molar-refractivity contribution in [3.8, 4) is 0 Å². The minimum atomic E-state index is -3.43. The van der Waals surface area contributed by atoms with Crippen molar-refractivity contribution in [3.05, 3.63) is 28.8 Å². The van der Waals surface area contributed by atoms with Crippen LogP contribution in [0.5, 0.6) is 0 Å². The molecule has 1 heterocycles. The molecule has 1 N–H and O–H groups in total. The summed E-state index contributed by atoms with van der Waals surface area (Å²) in [5.74, 6) is 0.615. The van der Waals surface area contributed by atoms with Crippen molar-refractivity contribution in [2.45, 2.75) is 31.1 Å². The Morgan fingerprint density at radius 1 is 1.32 bits per heavy atom. The average molecular weight is 367 g/mol. The highest BCUT2D eigenvalue weighted by Gasteiger charge is 2.30. The number of rotatable bonds is 5. The molecule has 0 saturated carbocycles. The molecule has 0 aromatic heterocycles. The lowest BCUT2D eigenvalue weighted by atomic mass is 9.95. The van der Waals surface area contributed by atoms with E-state index in [0.29, 0.717) is 34.5 Å². The molecule has 0 radical (unpaired) electrons. The molecule has 126 valence electrons. The van der Waals surface area contributed by atoms with E-state index in [2.05, 4.69) is 5.32 Å². The van der Waals surface area contributed by atoms with Gasteiger partial charge in [0.05, 0.1) is 4.90 Å². The van der Waals surface area contributed by atoms with E-state index in [9.17, 15) is 8.42 Å². The van der Waals surface area contributed by atoms with Crippen LogP contribution in [-0.2, 0) is 10.0 Å². The number of benzene rings is 1. The summed E-state index contributed by atoms with van der Waals surface area (Å²) >= 11 is 6.05. The molecule has 7 heteroatoms. The SMILES string of the molecule is CNCCC1CCN(S(=O)(=O)c2cccc(Cl)c2C)CC1.Cl. The number of piperidine rings is 1. The molecule has 0 spiro atoms. The normalized spacial score (nSPS) is 17.2. The van der Waals surface area contributed by atoms with Crippen LogP contribution >= 0.6 is 24.0 Å². The van der Waals surface area contributed by atoms with Gasteiger partial charge in [0, 0.05) is 18.1 Å². The smallest absolute Gasteiger partial charge is 0.243 e. The first-order valence-corrected chi connectivity index (χ1v) is 9.18. The van der Waals surface area contributed by atoms with E-state index >= 15 is 0 Å². The summed E-state index contributed by atoms with van der Waals surface area (Å²) in [6.45, 7) is 3.95. The van der Waals surface area contributed by atoms with Gasteiger partial charge in [0.2, 0.25) is 10.0 Å². The topological polar surface area (TPSA) is 49.4 Å². The van der Waals surface area contributed by atoms with Crippen LogP contribution in [0, 0.1) is 12.8 Å². The summed E-state index contributed by atoms with van der Waals surface area (Å²) in [6.07, 6.45) is 2.97. The molecule has 4 nitrogen and oxygen atoms in total. The molecule has 0 unspecified atom stereocenters. The van der Waals surface area contributed by atoms with Gasteiger partial charge in [-0.3, -0.25) is 0 Å². The Labute approximate surface area is 144 Å². The Morgan fingerprint density at radius 2 is 1.95 bits per heavy atom. The second kappa shape index (κ2) is 8.50. The van der Waals surface area contributed by atoms with E-state index in [-0.39, 0.29) is 12.4 Å². The summed E-state index contributed by atoms with van der Waals surface area (Å²) in [4.78, 5) is 0.337. The van der Waals surface area contributed by atoms with Crippen molar-refractivity contribution in [2.75, 3.05) is 26.7 Å². The maximum absolute atomic E-state index is 12.7. The van der Waals surface area contributed by atoms with E-state index in [4.69, 9.17) is 11.6 Å². The number of nitrogens with zero attached hydrogens (tertiary/aromatic N) is 1. The molecule has 1 aliphatic heterocycles. The molecule has 1 fully saturated rings. The molecule has 0 atom stereocenters. The lowest BCUT2D eigenvalue weighted by Crippen LogP contribution is -2.39. The maximum atomic E-state index is 12.7. The Balaban J connectivity index is 0.00000242. The zero-order chi connectivity index (χ0) is 15.5. The Kier molecular flexibility index (Phi) is 7.62. The molecule has 22 heavy (non-hydrogen) atoms. The predicted octanol–water partition coefficient (Wildman–Crippen LogP) is 3.08. The van der Waals surface area contributed by atoms with Gasteiger partial charge in [0.1, 0.15) is 0 Å². The van der Waals surface area contributed by atoms with Crippen LogP contribution < -0.4 is 5.32 Å². The Morgan fingerprint density at radius 3 is 2.55 bits per heavy atom. The van der Waals surface area contributed by atoms with Crippen LogP contribution in [0.3, 0.4) is 0 Å². The first-order valence-electron chi connectivity index (χ1n) is 7.36. The summed E-state index contributed by atoms with van der Waals surface area (Å²) in [5.41, 5.74) is 0.636. The quantitative estimate of drug-likeness (QED) is 0.870. The Bertz CT molecular complexity index is 585. The van der Waals surface area contributed by atoms with Crippen LogP contribution in [0.15, 0.2) is 23.1 Å². The van der Waals surface area contributed by atoms with E-state index < -0.39 is 10.0 Å². The van der Waals surface area contributed by atoms with E-state index in [1.165, 1.54) is 0 Å². The maximum Gasteiger partial charge on any atom is 0.243 e. The van der Waals surface area contributed by atoms with Crippen molar-refractivity contribution in [1.29, 1.82) is 0 Å². The zero-order valence-electron chi connectivity index (χ0n) is 13.0. The number of hydrogen-bond donors (Lipinski definition) is 1. The molecule has 1 aromatic carbocycles. The van der Waals surface area contributed by atoms with E-state index in [1.807, 2.05) is 7.05 Å². The highest BCUT2D eigenvalue weighted by Crippen LogP contribution is 2.29. The second-order valence-corrected chi connectivity index (χ2v) is 7.92. The third-order valence-electron chi connectivity index (χ3n) is 4.21. The van der Waals surface area contributed by atoms with Gasteiger partial charge in [0.25, 0.3) is 0 Å². The fraction of sp³-hybridized carbons (Fsp3) is 0.600. The molecular weight excluding hydrogens is 343 g/mol. The molecule has 2 rings (SSSR count). The standard InChI is InChI=1S/C15H23ClN2O2S.ClH/c1-12-14(16)4-3-5-15(12)21(19,20)18-10-7-13(8-11-18)6-9-17-2;/h3-5,13,17H,6-11H2,1-2H3;1H. The molecule has 0 aliphatic carbocycles.